The maximum atomic E-state index is 11.2. The minimum atomic E-state index is -0.384. The van der Waals surface area contributed by atoms with Crippen molar-refractivity contribution in [2.45, 2.75) is 0 Å². The molecule has 0 spiro atoms. The summed E-state index contributed by atoms with van der Waals surface area (Å²) in [5, 5.41) is 0.782. The van der Waals surface area contributed by atoms with Gasteiger partial charge in [-0.3, -0.25) is 4.79 Å². The van der Waals surface area contributed by atoms with Crippen LogP contribution in [0.2, 0.25) is 0 Å². The van der Waals surface area contributed by atoms with Gasteiger partial charge in [-0.2, -0.15) is 0 Å². The molecule has 0 N–H and O–H groups in total. The van der Waals surface area contributed by atoms with Crippen molar-refractivity contribution in [2.75, 3.05) is 7.11 Å². The van der Waals surface area contributed by atoms with Crippen molar-refractivity contribution in [3.05, 3.63) is 28.8 Å². The Morgan fingerprint density at radius 1 is 1.53 bits per heavy atom. The number of ether oxygens (including phenoxy) is 1. The zero-order chi connectivity index (χ0) is 10.8. The Balaban J connectivity index is 2.55. The molecule has 0 atom stereocenters. The molecule has 0 fully saturated rings. The van der Waals surface area contributed by atoms with E-state index in [1.807, 2.05) is 0 Å². The number of aromatic nitrogens is 1. The molecule has 0 aromatic carbocycles. The van der Waals surface area contributed by atoms with E-state index in [-0.39, 0.29) is 5.97 Å². The molecule has 0 saturated heterocycles. The zero-order valence-electron chi connectivity index (χ0n) is 7.89. The summed E-state index contributed by atoms with van der Waals surface area (Å²) >= 11 is 1.25. The molecule has 15 heavy (non-hydrogen) atoms. The third kappa shape index (κ3) is 1.73. The topological polar surface area (TPSA) is 56.3 Å². The van der Waals surface area contributed by atoms with E-state index in [4.69, 9.17) is 0 Å². The van der Waals surface area contributed by atoms with Crippen LogP contribution >= 0.6 is 11.3 Å². The Morgan fingerprint density at radius 3 is 3.00 bits per heavy atom. The number of carbonyl (C=O) groups excluding carboxylic acids is 2. The fourth-order valence-corrected chi connectivity index (χ4v) is 2.12. The van der Waals surface area contributed by atoms with Crippen LogP contribution in [0.25, 0.3) is 10.2 Å². The molecule has 76 valence electrons. The lowest BCUT2D eigenvalue weighted by Crippen LogP contribution is -1.96. The first-order valence-electron chi connectivity index (χ1n) is 4.17. The van der Waals surface area contributed by atoms with Crippen LogP contribution < -0.4 is 0 Å². The van der Waals surface area contributed by atoms with Crippen molar-refractivity contribution in [1.29, 1.82) is 0 Å². The average Bonchev–Trinajstić information content (AvgIpc) is 2.70. The van der Waals surface area contributed by atoms with E-state index >= 15 is 0 Å². The highest BCUT2D eigenvalue weighted by Gasteiger charge is 2.10. The molecule has 0 unspecified atom stereocenters. The fourth-order valence-electron chi connectivity index (χ4n) is 1.22. The van der Waals surface area contributed by atoms with Crippen LogP contribution in [0.15, 0.2) is 18.3 Å². The van der Waals surface area contributed by atoms with Gasteiger partial charge in [-0.05, 0) is 12.1 Å². The summed E-state index contributed by atoms with van der Waals surface area (Å²) in [6, 6.07) is 3.37. The average molecular weight is 221 g/mol. The normalized spacial score (nSPS) is 10.2. The summed E-state index contributed by atoms with van der Waals surface area (Å²) in [5.41, 5.74) is 0.497. The molecule has 2 heterocycles. The standard InChI is InChI=1S/C10H7NO3S/c1-14-10(13)8-3-7-2-6(5-12)4-11-9(7)15-8/h2-5H,1H3. The number of fused-ring (bicyclic) bond motifs is 1. The first kappa shape index (κ1) is 9.79. The first-order chi connectivity index (χ1) is 7.24. The van der Waals surface area contributed by atoms with Crippen LogP contribution in [0.1, 0.15) is 20.0 Å². The van der Waals surface area contributed by atoms with Crippen LogP contribution in [0.4, 0.5) is 0 Å². The number of thiophene rings is 1. The lowest BCUT2D eigenvalue weighted by molar-refractivity contribution is 0.0606. The van der Waals surface area contributed by atoms with Crippen LogP contribution in [-0.2, 0) is 4.74 Å². The molecule has 4 nitrogen and oxygen atoms in total. The van der Waals surface area contributed by atoms with E-state index in [1.54, 1.807) is 12.1 Å². The van der Waals surface area contributed by atoms with Gasteiger partial charge in [0.15, 0.2) is 6.29 Å². The van der Waals surface area contributed by atoms with Gasteiger partial charge >= 0.3 is 5.97 Å². The van der Waals surface area contributed by atoms with Gasteiger partial charge in [-0.15, -0.1) is 11.3 Å². The number of rotatable bonds is 2. The molecule has 0 saturated carbocycles. The van der Waals surface area contributed by atoms with Crippen molar-refractivity contribution in [3.8, 4) is 0 Å². The second kappa shape index (κ2) is 3.78. The zero-order valence-corrected chi connectivity index (χ0v) is 8.71. The number of carbonyl (C=O) groups is 2. The van der Waals surface area contributed by atoms with Crippen molar-refractivity contribution in [1.82, 2.24) is 4.98 Å². The summed E-state index contributed by atoms with van der Waals surface area (Å²) in [6.07, 6.45) is 2.20. The molecule has 0 amide bonds. The maximum absolute atomic E-state index is 11.2. The van der Waals surface area contributed by atoms with Crippen molar-refractivity contribution in [3.63, 3.8) is 0 Å². The lowest BCUT2D eigenvalue weighted by Gasteiger charge is -1.90. The quantitative estimate of drug-likeness (QED) is 0.574. The van der Waals surface area contributed by atoms with Gasteiger partial charge in [0.1, 0.15) is 9.71 Å². The Hall–Kier alpha value is -1.75. The fraction of sp³-hybridized carbons (Fsp3) is 0.100. The van der Waals surface area contributed by atoms with Gasteiger partial charge in [0.05, 0.1) is 7.11 Å². The molecular weight excluding hydrogens is 214 g/mol. The lowest BCUT2D eigenvalue weighted by atomic mass is 10.2. The highest BCUT2D eigenvalue weighted by Crippen LogP contribution is 2.24. The second-order valence-corrected chi connectivity index (χ2v) is 3.91. The van der Waals surface area contributed by atoms with E-state index < -0.39 is 0 Å². The maximum Gasteiger partial charge on any atom is 0.348 e. The summed E-state index contributed by atoms with van der Waals surface area (Å²) < 4.78 is 4.60. The summed E-state index contributed by atoms with van der Waals surface area (Å²) in [6.45, 7) is 0. The third-order valence-corrected chi connectivity index (χ3v) is 2.95. The van der Waals surface area contributed by atoms with Crippen LogP contribution in [-0.4, -0.2) is 24.3 Å². The predicted molar refractivity (Wildman–Crippen MR) is 56.3 cm³/mol. The highest BCUT2D eigenvalue weighted by molar-refractivity contribution is 7.20. The molecule has 2 rings (SSSR count). The monoisotopic (exact) mass is 221 g/mol. The predicted octanol–water partition coefficient (Wildman–Crippen LogP) is 1.90. The molecule has 0 bridgehead atoms. The number of hydrogen-bond donors (Lipinski definition) is 0. The summed E-state index contributed by atoms with van der Waals surface area (Å²) in [7, 11) is 1.33. The number of pyridine rings is 1. The van der Waals surface area contributed by atoms with E-state index in [9.17, 15) is 9.59 Å². The van der Waals surface area contributed by atoms with Gasteiger partial charge in [0.25, 0.3) is 0 Å². The van der Waals surface area contributed by atoms with Crippen molar-refractivity contribution in [2.24, 2.45) is 0 Å². The van der Waals surface area contributed by atoms with E-state index in [1.165, 1.54) is 24.6 Å². The minimum Gasteiger partial charge on any atom is -0.465 e. The second-order valence-electron chi connectivity index (χ2n) is 2.88. The summed E-state index contributed by atoms with van der Waals surface area (Å²) in [5.74, 6) is -0.384. The largest absolute Gasteiger partial charge is 0.465 e. The molecule has 2 aromatic heterocycles. The molecule has 0 aliphatic carbocycles. The Bertz CT molecular complexity index is 532. The van der Waals surface area contributed by atoms with Crippen LogP contribution in [0.5, 0.6) is 0 Å². The number of esters is 1. The molecule has 0 aliphatic rings. The minimum absolute atomic E-state index is 0.384. The number of nitrogens with zero attached hydrogens (tertiary/aromatic N) is 1. The SMILES string of the molecule is COC(=O)c1cc2cc(C=O)cnc2s1. The highest BCUT2D eigenvalue weighted by atomic mass is 32.1. The van der Waals surface area contributed by atoms with Gasteiger partial charge in [-0.25, -0.2) is 9.78 Å². The molecule has 0 aliphatic heterocycles. The molecular formula is C10H7NO3S. The molecule has 2 aromatic rings. The van der Waals surface area contributed by atoms with E-state index in [2.05, 4.69) is 9.72 Å². The van der Waals surface area contributed by atoms with Crippen LogP contribution in [0.3, 0.4) is 0 Å². The Labute approximate surface area is 89.5 Å². The van der Waals surface area contributed by atoms with E-state index in [0.29, 0.717) is 10.4 Å². The van der Waals surface area contributed by atoms with Gasteiger partial charge in [0.2, 0.25) is 0 Å². The smallest absolute Gasteiger partial charge is 0.348 e. The number of methoxy groups -OCH3 is 1. The van der Waals surface area contributed by atoms with E-state index in [0.717, 1.165) is 16.5 Å². The van der Waals surface area contributed by atoms with Gasteiger partial charge in [-0.1, -0.05) is 0 Å². The first-order valence-corrected chi connectivity index (χ1v) is 4.99. The summed E-state index contributed by atoms with van der Waals surface area (Å²) in [4.78, 5) is 27.0. The van der Waals surface area contributed by atoms with Gasteiger partial charge in [0, 0.05) is 17.1 Å². The Morgan fingerprint density at radius 2 is 2.33 bits per heavy atom. The van der Waals surface area contributed by atoms with Crippen LogP contribution in [0, 0.1) is 0 Å². The van der Waals surface area contributed by atoms with Crippen molar-refractivity contribution >= 4 is 33.8 Å². The molecule has 5 heteroatoms. The van der Waals surface area contributed by atoms with Crippen molar-refractivity contribution < 1.29 is 14.3 Å². The third-order valence-electron chi connectivity index (χ3n) is 1.92. The number of hydrogen-bond acceptors (Lipinski definition) is 5. The number of aldehydes is 1. The van der Waals surface area contributed by atoms with Gasteiger partial charge < -0.3 is 4.74 Å². The Kier molecular flexibility index (Phi) is 2.47. The molecule has 0 radical (unpaired) electrons.